The van der Waals surface area contributed by atoms with E-state index in [0.29, 0.717) is 25.4 Å². The number of ether oxygens (including phenoxy) is 2. The van der Waals surface area contributed by atoms with Crippen molar-refractivity contribution in [3.05, 3.63) is 64.3 Å². The molecule has 0 saturated carbocycles. The zero-order chi connectivity index (χ0) is 19.5. The van der Waals surface area contributed by atoms with Crippen LogP contribution in [-0.2, 0) is 9.53 Å². The quantitative estimate of drug-likeness (QED) is 0.224. The predicted octanol–water partition coefficient (Wildman–Crippen LogP) is 3.45. The van der Waals surface area contributed by atoms with E-state index in [0.717, 1.165) is 11.3 Å². The highest BCUT2D eigenvalue weighted by atomic mass is 16.6. The lowest BCUT2D eigenvalue weighted by atomic mass is 10.2. The summed E-state index contributed by atoms with van der Waals surface area (Å²) in [6, 6.07) is 10.3. The number of benzene rings is 1. The molecule has 8 nitrogen and oxygen atoms in total. The third-order valence-corrected chi connectivity index (χ3v) is 3.43. The van der Waals surface area contributed by atoms with E-state index in [9.17, 15) is 14.9 Å². The minimum Gasteiger partial charge on any atom is -0.494 e. The molecule has 1 aromatic heterocycles. The van der Waals surface area contributed by atoms with Crippen LogP contribution in [0.1, 0.15) is 18.9 Å². The van der Waals surface area contributed by atoms with Gasteiger partial charge < -0.3 is 14.8 Å². The normalized spacial score (nSPS) is 10.6. The number of nitrogens with one attached hydrogen (secondary N) is 1. The summed E-state index contributed by atoms with van der Waals surface area (Å²) in [5.74, 6) is 0.895. The summed E-state index contributed by atoms with van der Waals surface area (Å²) in [7, 11) is 0. The lowest BCUT2D eigenvalue weighted by Gasteiger charge is -2.05. The van der Waals surface area contributed by atoms with Crippen LogP contribution in [0, 0.1) is 10.1 Å². The molecule has 0 atom stereocenters. The molecule has 0 aliphatic carbocycles. The number of rotatable bonds is 10. The molecule has 0 unspecified atom stereocenters. The fourth-order valence-corrected chi connectivity index (χ4v) is 2.11. The van der Waals surface area contributed by atoms with Crippen molar-refractivity contribution in [2.24, 2.45) is 0 Å². The molecule has 0 bridgehead atoms. The van der Waals surface area contributed by atoms with Gasteiger partial charge in [-0.1, -0.05) is 12.1 Å². The van der Waals surface area contributed by atoms with Crippen LogP contribution in [0.4, 0.5) is 11.5 Å². The molecule has 0 spiro atoms. The SMILES string of the molecule is CCOc1ccc(/C=C/C(=O)OCCCNc2ccc([N+](=O)[O-])cn2)cc1. The van der Waals surface area contributed by atoms with Crippen molar-refractivity contribution in [3.63, 3.8) is 0 Å². The zero-order valence-corrected chi connectivity index (χ0v) is 15.0. The van der Waals surface area contributed by atoms with Gasteiger partial charge in [0.1, 0.15) is 17.8 Å². The second-order valence-corrected chi connectivity index (χ2v) is 5.44. The minimum atomic E-state index is -0.503. The molecule has 0 aliphatic rings. The Labute approximate surface area is 157 Å². The third kappa shape index (κ3) is 7.15. The average molecular weight is 371 g/mol. The number of nitro groups is 1. The Bertz CT molecular complexity index is 773. The van der Waals surface area contributed by atoms with E-state index >= 15 is 0 Å². The molecule has 142 valence electrons. The van der Waals surface area contributed by atoms with Gasteiger partial charge in [-0.2, -0.15) is 0 Å². The van der Waals surface area contributed by atoms with Gasteiger partial charge >= 0.3 is 5.97 Å². The predicted molar refractivity (Wildman–Crippen MR) is 102 cm³/mol. The number of nitrogens with zero attached hydrogens (tertiary/aromatic N) is 2. The number of aromatic nitrogens is 1. The van der Waals surface area contributed by atoms with Gasteiger partial charge in [-0.05, 0) is 43.2 Å². The highest BCUT2D eigenvalue weighted by Gasteiger charge is 2.04. The van der Waals surface area contributed by atoms with Crippen LogP contribution in [0.15, 0.2) is 48.7 Å². The smallest absolute Gasteiger partial charge is 0.330 e. The molecule has 8 heteroatoms. The molecule has 0 saturated heterocycles. The van der Waals surface area contributed by atoms with E-state index in [1.165, 1.54) is 24.4 Å². The summed E-state index contributed by atoms with van der Waals surface area (Å²) in [5, 5.41) is 13.5. The van der Waals surface area contributed by atoms with Crippen LogP contribution in [0.3, 0.4) is 0 Å². The lowest BCUT2D eigenvalue weighted by molar-refractivity contribution is -0.385. The molecule has 0 radical (unpaired) electrons. The molecule has 0 amide bonds. The Morgan fingerprint density at radius 2 is 2.04 bits per heavy atom. The molecule has 1 aromatic carbocycles. The largest absolute Gasteiger partial charge is 0.494 e. The second-order valence-electron chi connectivity index (χ2n) is 5.44. The summed E-state index contributed by atoms with van der Waals surface area (Å²) in [5.41, 5.74) is 0.815. The summed E-state index contributed by atoms with van der Waals surface area (Å²) < 4.78 is 10.5. The maximum Gasteiger partial charge on any atom is 0.330 e. The molecule has 0 fully saturated rings. The first-order valence-electron chi connectivity index (χ1n) is 8.50. The van der Waals surface area contributed by atoms with E-state index < -0.39 is 10.9 Å². The molecule has 2 rings (SSSR count). The number of hydrogen-bond acceptors (Lipinski definition) is 7. The van der Waals surface area contributed by atoms with E-state index in [2.05, 4.69) is 10.3 Å². The summed E-state index contributed by atoms with van der Waals surface area (Å²) in [6.45, 7) is 3.31. The Kier molecular flexibility index (Phi) is 7.77. The van der Waals surface area contributed by atoms with Gasteiger partial charge in [-0.15, -0.1) is 0 Å². The third-order valence-electron chi connectivity index (χ3n) is 3.43. The molecule has 2 aromatic rings. The molecule has 0 aliphatic heterocycles. The molecule has 1 N–H and O–H groups in total. The number of carbonyl (C=O) groups is 1. The Hall–Kier alpha value is -3.42. The van der Waals surface area contributed by atoms with Gasteiger partial charge in [-0.3, -0.25) is 10.1 Å². The fourth-order valence-electron chi connectivity index (χ4n) is 2.11. The van der Waals surface area contributed by atoms with Crippen molar-refractivity contribution in [1.82, 2.24) is 4.98 Å². The van der Waals surface area contributed by atoms with Crippen LogP contribution >= 0.6 is 0 Å². The van der Waals surface area contributed by atoms with E-state index in [1.54, 1.807) is 6.08 Å². The first-order valence-corrected chi connectivity index (χ1v) is 8.50. The maximum atomic E-state index is 11.7. The minimum absolute atomic E-state index is 0.0613. The van der Waals surface area contributed by atoms with Crippen molar-refractivity contribution in [3.8, 4) is 5.75 Å². The van der Waals surface area contributed by atoms with Crippen LogP contribution in [0.2, 0.25) is 0 Å². The molecule has 27 heavy (non-hydrogen) atoms. The van der Waals surface area contributed by atoms with Crippen LogP contribution in [-0.4, -0.2) is 35.6 Å². The van der Waals surface area contributed by atoms with E-state index in [1.807, 2.05) is 31.2 Å². The number of carbonyl (C=O) groups excluding carboxylic acids is 1. The molecular weight excluding hydrogens is 350 g/mol. The lowest BCUT2D eigenvalue weighted by Crippen LogP contribution is -2.09. The van der Waals surface area contributed by atoms with Gasteiger partial charge in [0.25, 0.3) is 5.69 Å². The Balaban J connectivity index is 1.64. The van der Waals surface area contributed by atoms with Gasteiger partial charge in [0.2, 0.25) is 0 Å². The highest BCUT2D eigenvalue weighted by Crippen LogP contribution is 2.13. The number of esters is 1. The van der Waals surface area contributed by atoms with Crippen LogP contribution in [0.5, 0.6) is 5.75 Å². The summed E-state index contributed by atoms with van der Waals surface area (Å²) in [4.78, 5) is 25.7. The van der Waals surface area contributed by atoms with Gasteiger partial charge in [-0.25, -0.2) is 9.78 Å². The van der Waals surface area contributed by atoms with Crippen molar-refractivity contribution in [2.75, 3.05) is 25.1 Å². The monoisotopic (exact) mass is 371 g/mol. The topological polar surface area (TPSA) is 104 Å². The summed E-state index contributed by atoms with van der Waals surface area (Å²) >= 11 is 0. The zero-order valence-electron chi connectivity index (χ0n) is 15.0. The Morgan fingerprint density at radius 3 is 2.67 bits per heavy atom. The van der Waals surface area contributed by atoms with Crippen molar-refractivity contribution in [1.29, 1.82) is 0 Å². The second kappa shape index (κ2) is 10.5. The number of anilines is 1. The molecular formula is C19H21N3O5. The standard InChI is InChI=1S/C19H21N3O5/c1-2-26-17-8-4-15(5-9-17)6-11-19(23)27-13-3-12-20-18-10-7-16(14-21-18)22(24)25/h4-11,14H,2-3,12-13H2,1H3,(H,20,21)/b11-6+. The van der Waals surface area contributed by atoms with Crippen LogP contribution < -0.4 is 10.1 Å². The first-order chi connectivity index (χ1) is 13.1. The summed E-state index contributed by atoms with van der Waals surface area (Å²) in [6.07, 6.45) is 4.83. The van der Waals surface area contributed by atoms with Gasteiger partial charge in [0.05, 0.1) is 18.1 Å². The maximum absolute atomic E-state index is 11.7. The van der Waals surface area contributed by atoms with Gasteiger partial charge in [0, 0.05) is 18.7 Å². The average Bonchev–Trinajstić information content (AvgIpc) is 2.68. The van der Waals surface area contributed by atoms with Gasteiger partial charge in [0.15, 0.2) is 0 Å². The van der Waals surface area contributed by atoms with Crippen molar-refractivity contribution < 1.29 is 19.2 Å². The van der Waals surface area contributed by atoms with Crippen LogP contribution in [0.25, 0.3) is 6.08 Å². The number of pyridine rings is 1. The first kappa shape index (κ1) is 19.9. The van der Waals surface area contributed by atoms with E-state index in [4.69, 9.17) is 9.47 Å². The Morgan fingerprint density at radius 1 is 1.26 bits per heavy atom. The van der Waals surface area contributed by atoms with Crippen molar-refractivity contribution in [2.45, 2.75) is 13.3 Å². The van der Waals surface area contributed by atoms with Crippen molar-refractivity contribution >= 4 is 23.6 Å². The fraction of sp³-hybridized carbons (Fsp3) is 0.263. The van der Waals surface area contributed by atoms with E-state index in [-0.39, 0.29) is 12.3 Å². The number of hydrogen-bond donors (Lipinski definition) is 1. The molecule has 1 heterocycles. The highest BCUT2D eigenvalue weighted by molar-refractivity contribution is 5.87.